The third-order valence-electron chi connectivity index (χ3n) is 5.17. The summed E-state index contributed by atoms with van der Waals surface area (Å²) < 4.78 is 41.0. The highest BCUT2D eigenvalue weighted by Crippen LogP contribution is 2.33. The minimum Gasteiger partial charge on any atom is -0.294 e. The Labute approximate surface area is 180 Å². The van der Waals surface area contributed by atoms with Crippen LogP contribution in [-0.4, -0.2) is 20.7 Å². The van der Waals surface area contributed by atoms with Gasteiger partial charge in [-0.15, -0.1) is 0 Å². The maximum atomic E-state index is 13.2. The van der Waals surface area contributed by atoms with Crippen molar-refractivity contribution in [2.45, 2.75) is 24.2 Å². The molecule has 0 N–H and O–H groups in total. The smallest absolute Gasteiger partial charge is 0.264 e. The third kappa shape index (κ3) is 3.98. The molecule has 7 heteroatoms. The number of hydrogen-bond acceptors (Lipinski definition) is 3. The van der Waals surface area contributed by atoms with Crippen molar-refractivity contribution < 1.29 is 17.6 Å². The number of hydrogen-bond donors (Lipinski definition) is 0. The van der Waals surface area contributed by atoms with Crippen LogP contribution in [0.2, 0.25) is 5.02 Å². The predicted molar refractivity (Wildman–Crippen MR) is 115 cm³/mol. The van der Waals surface area contributed by atoms with E-state index in [1.807, 2.05) is 12.1 Å². The molecular weight excluding hydrogens is 425 g/mol. The second kappa shape index (κ2) is 8.20. The van der Waals surface area contributed by atoms with E-state index >= 15 is 0 Å². The molecule has 1 aliphatic rings. The number of rotatable bonds is 5. The van der Waals surface area contributed by atoms with E-state index in [9.17, 15) is 17.6 Å². The highest BCUT2D eigenvalue weighted by Gasteiger charge is 2.29. The van der Waals surface area contributed by atoms with Crippen LogP contribution >= 0.6 is 11.6 Å². The van der Waals surface area contributed by atoms with E-state index < -0.39 is 15.8 Å². The van der Waals surface area contributed by atoms with E-state index in [4.69, 9.17) is 11.6 Å². The monoisotopic (exact) mass is 443 g/mol. The maximum Gasteiger partial charge on any atom is 0.264 e. The van der Waals surface area contributed by atoms with E-state index in [0.29, 0.717) is 34.8 Å². The Balaban J connectivity index is 1.67. The summed E-state index contributed by atoms with van der Waals surface area (Å²) in [5, 5.41) is 0.390. The number of anilines is 1. The molecule has 4 nitrogen and oxygen atoms in total. The molecule has 0 fully saturated rings. The van der Waals surface area contributed by atoms with Crippen LogP contribution in [0.25, 0.3) is 0 Å². The van der Waals surface area contributed by atoms with Gasteiger partial charge >= 0.3 is 0 Å². The van der Waals surface area contributed by atoms with Gasteiger partial charge in [-0.2, -0.15) is 0 Å². The van der Waals surface area contributed by atoms with Crippen LogP contribution in [0.3, 0.4) is 0 Å². The highest BCUT2D eigenvalue weighted by atomic mass is 35.5. The van der Waals surface area contributed by atoms with Crippen LogP contribution in [0.15, 0.2) is 71.6 Å². The van der Waals surface area contributed by atoms with E-state index in [1.165, 1.54) is 16.4 Å². The lowest BCUT2D eigenvalue weighted by atomic mass is 9.97. The molecule has 0 unspecified atom stereocenters. The molecule has 154 valence electrons. The minimum atomic E-state index is -3.84. The van der Waals surface area contributed by atoms with Crippen LogP contribution in [0.5, 0.6) is 0 Å². The molecule has 3 aromatic carbocycles. The van der Waals surface area contributed by atoms with Crippen molar-refractivity contribution in [2.75, 3.05) is 10.8 Å². The molecule has 0 aliphatic carbocycles. The number of Topliss-reactive ketones (excluding diaryl/α,β-unsaturated/α-hetero) is 1. The largest absolute Gasteiger partial charge is 0.294 e. The average Bonchev–Trinajstić information content (AvgIpc) is 2.73. The number of aryl methyl sites for hydroxylation is 1. The van der Waals surface area contributed by atoms with Crippen molar-refractivity contribution in [1.29, 1.82) is 0 Å². The lowest BCUT2D eigenvalue weighted by Crippen LogP contribution is -2.35. The van der Waals surface area contributed by atoms with Crippen LogP contribution in [-0.2, 0) is 22.9 Å². The Morgan fingerprint density at radius 2 is 1.77 bits per heavy atom. The Kier molecular flexibility index (Phi) is 5.62. The first-order valence-electron chi connectivity index (χ1n) is 9.54. The molecule has 0 amide bonds. The van der Waals surface area contributed by atoms with Gasteiger partial charge < -0.3 is 0 Å². The number of fused-ring (bicyclic) bond motifs is 1. The van der Waals surface area contributed by atoms with Crippen molar-refractivity contribution in [3.05, 3.63) is 94.3 Å². The Bertz CT molecular complexity index is 1210. The zero-order valence-electron chi connectivity index (χ0n) is 16.0. The summed E-state index contributed by atoms with van der Waals surface area (Å²) in [5.74, 6) is -0.627. The Hall–Kier alpha value is -2.70. The normalized spacial score (nSPS) is 13.7. The van der Waals surface area contributed by atoms with Gasteiger partial charge in [-0.3, -0.25) is 9.10 Å². The van der Waals surface area contributed by atoms with E-state index in [0.717, 1.165) is 24.1 Å². The first-order chi connectivity index (χ1) is 14.4. The molecule has 0 bridgehead atoms. The van der Waals surface area contributed by atoms with Gasteiger partial charge in [0.1, 0.15) is 5.82 Å². The lowest BCUT2D eigenvalue weighted by Gasteiger charge is -2.31. The molecule has 0 saturated heterocycles. The standard InChI is InChI=1S/C23H19ClFNO3S/c24-21-6-2-1-5-20(21)23(27)15-16-7-8-17-4-3-13-26(22(17)14-16)30(28,29)19-11-9-18(25)10-12-19/h1-2,5-12,14H,3-4,13,15H2. The molecule has 0 saturated carbocycles. The Morgan fingerprint density at radius 1 is 1.03 bits per heavy atom. The fraction of sp³-hybridized carbons (Fsp3) is 0.174. The van der Waals surface area contributed by atoms with Gasteiger partial charge in [0.15, 0.2) is 5.78 Å². The number of halogens is 2. The van der Waals surface area contributed by atoms with Crippen molar-refractivity contribution >= 4 is 33.1 Å². The third-order valence-corrected chi connectivity index (χ3v) is 7.32. The Morgan fingerprint density at radius 3 is 2.50 bits per heavy atom. The maximum absolute atomic E-state index is 13.2. The number of sulfonamides is 1. The summed E-state index contributed by atoms with van der Waals surface area (Å²) in [6, 6.07) is 17.1. The van der Waals surface area contributed by atoms with Crippen molar-refractivity contribution in [3.8, 4) is 0 Å². The molecule has 30 heavy (non-hydrogen) atoms. The molecule has 0 radical (unpaired) electrons. The zero-order valence-corrected chi connectivity index (χ0v) is 17.6. The second-order valence-electron chi connectivity index (χ2n) is 7.18. The van der Waals surface area contributed by atoms with Gasteiger partial charge in [0.2, 0.25) is 0 Å². The summed E-state index contributed by atoms with van der Waals surface area (Å²) in [7, 11) is -3.84. The van der Waals surface area contributed by atoms with E-state index in [1.54, 1.807) is 30.3 Å². The number of ketones is 1. The fourth-order valence-corrected chi connectivity index (χ4v) is 5.42. The molecule has 3 aromatic rings. The molecule has 0 spiro atoms. The van der Waals surface area contributed by atoms with Crippen molar-refractivity contribution in [1.82, 2.24) is 0 Å². The van der Waals surface area contributed by atoms with Gasteiger partial charge in [0.25, 0.3) is 10.0 Å². The molecule has 1 heterocycles. The second-order valence-corrected chi connectivity index (χ2v) is 9.45. The van der Waals surface area contributed by atoms with Gasteiger partial charge in [-0.25, -0.2) is 12.8 Å². The van der Waals surface area contributed by atoms with E-state index in [-0.39, 0.29) is 17.1 Å². The molecular formula is C23H19ClFNO3S. The summed E-state index contributed by atoms with van der Waals surface area (Å²) >= 11 is 6.13. The molecule has 0 atom stereocenters. The topological polar surface area (TPSA) is 54.5 Å². The predicted octanol–water partition coefficient (Wildman–Crippen LogP) is 5.05. The van der Waals surface area contributed by atoms with Gasteiger partial charge in [0.05, 0.1) is 15.6 Å². The van der Waals surface area contributed by atoms with Crippen molar-refractivity contribution in [3.63, 3.8) is 0 Å². The van der Waals surface area contributed by atoms with Crippen LogP contribution in [0, 0.1) is 5.82 Å². The van der Waals surface area contributed by atoms with Crippen molar-refractivity contribution in [2.24, 2.45) is 0 Å². The number of benzene rings is 3. The summed E-state index contributed by atoms with van der Waals surface area (Å²) in [5.41, 5.74) is 2.61. The first kappa shape index (κ1) is 20.6. The summed E-state index contributed by atoms with van der Waals surface area (Å²) in [6.45, 7) is 0.328. The molecule has 0 aromatic heterocycles. The number of carbonyl (C=O) groups excluding carboxylic acids is 1. The lowest BCUT2D eigenvalue weighted by molar-refractivity contribution is 0.0993. The average molecular weight is 444 g/mol. The van der Waals surface area contributed by atoms with Crippen LogP contribution in [0.4, 0.5) is 10.1 Å². The minimum absolute atomic E-state index is 0.0364. The van der Waals surface area contributed by atoms with E-state index in [2.05, 4.69) is 0 Å². The van der Waals surface area contributed by atoms with Gasteiger partial charge in [-0.1, -0.05) is 35.9 Å². The fourth-order valence-electron chi connectivity index (χ4n) is 3.65. The van der Waals surface area contributed by atoms with Crippen LogP contribution < -0.4 is 4.31 Å². The molecule has 1 aliphatic heterocycles. The number of carbonyl (C=O) groups is 1. The summed E-state index contributed by atoms with van der Waals surface area (Å²) in [6.07, 6.45) is 1.55. The van der Waals surface area contributed by atoms with Gasteiger partial charge in [-0.05, 0) is 66.4 Å². The van der Waals surface area contributed by atoms with Gasteiger partial charge in [0, 0.05) is 18.5 Å². The zero-order chi connectivity index (χ0) is 21.3. The summed E-state index contributed by atoms with van der Waals surface area (Å²) in [4.78, 5) is 12.7. The highest BCUT2D eigenvalue weighted by molar-refractivity contribution is 7.92. The van der Waals surface area contributed by atoms with Crippen LogP contribution in [0.1, 0.15) is 27.9 Å². The molecule has 4 rings (SSSR count). The first-order valence-corrected chi connectivity index (χ1v) is 11.4. The quantitative estimate of drug-likeness (QED) is 0.519. The number of nitrogens with zero attached hydrogens (tertiary/aromatic N) is 1. The SMILES string of the molecule is O=C(Cc1ccc2c(c1)N(S(=O)(=O)c1ccc(F)cc1)CCC2)c1ccccc1Cl.